The van der Waals surface area contributed by atoms with Crippen molar-refractivity contribution >= 4 is 5.91 Å². The number of rotatable bonds is 9. The van der Waals surface area contributed by atoms with Gasteiger partial charge in [-0.25, -0.2) is 0 Å². The van der Waals surface area contributed by atoms with Crippen molar-refractivity contribution in [3.05, 3.63) is 59.2 Å². The quantitative estimate of drug-likeness (QED) is 0.614. The Kier molecular flexibility index (Phi) is 7.89. The fourth-order valence-corrected chi connectivity index (χ4v) is 5.00. The first kappa shape index (κ1) is 23.6. The zero-order valence-electron chi connectivity index (χ0n) is 19.9. The topological polar surface area (TPSA) is 65.0 Å². The molecule has 2 N–H and O–H groups in total. The summed E-state index contributed by atoms with van der Waals surface area (Å²) in [6.45, 7) is 4.51. The predicted molar refractivity (Wildman–Crippen MR) is 131 cm³/mol. The van der Waals surface area contributed by atoms with E-state index < -0.39 is 0 Å². The number of phenols is 1. The number of likely N-dealkylation sites (tertiary alicyclic amines) is 1. The van der Waals surface area contributed by atoms with E-state index in [1.165, 1.54) is 24.0 Å². The SMILES string of the molecule is CN(C)CCNC(=O)[C@@H]1C[C@H](COc2ccc3c(c2)CCC3)CN(Cc2ccc(O)cc2)C1. The number of nitrogens with zero attached hydrogens (tertiary/aromatic N) is 2. The molecule has 0 aromatic heterocycles. The fraction of sp³-hybridized carbons (Fsp3) is 0.519. The molecule has 0 saturated carbocycles. The van der Waals surface area contributed by atoms with Gasteiger partial charge in [-0.05, 0) is 80.7 Å². The number of nitrogens with one attached hydrogen (secondary N) is 1. The fourth-order valence-electron chi connectivity index (χ4n) is 5.00. The van der Waals surface area contributed by atoms with E-state index in [1.807, 2.05) is 26.2 Å². The van der Waals surface area contributed by atoms with Crippen molar-refractivity contribution in [3.63, 3.8) is 0 Å². The molecular weight excluding hydrogens is 414 g/mol. The number of likely N-dealkylation sites (N-methyl/N-ethyl adjacent to an activating group) is 1. The number of aryl methyl sites for hydroxylation is 2. The Morgan fingerprint density at radius 3 is 2.70 bits per heavy atom. The summed E-state index contributed by atoms with van der Waals surface area (Å²) in [7, 11) is 4.02. The van der Waals surface area contributed by atoms with Crippen molar-refractivity contribution in [2.75, 3.05) is 46.9 Å². The van der Waals surface area contributed by atoms with Gasteiger partial charge in [-0.2, -0.15) is 0 Å². The van der Waals surface area contributed by atoms with Gasteiger partial charge in [-0.15, -0.1) is 0 Å². The molecule has 1 saturated heterocycles. The number of piperidine rings is 1. The molecule has 1 aliphatic heterocycles. The van der Waals surface area contributed by atoms with Gasteiger partial charge in [0.15, 0.2) is 0 Å². The number of amides is 1. The number of aromatic hydroxyl groups is 1. The lowest BCUT2D eigenvalue weighted by Crippen LogP contribution is -2.48. The molecule has 1 heterocycles. The van der Waals surface area contributed by atoms with E-state index in [0.29, 0.717) is 13.2 Å². The molecule has 1 amide bonds. The lowest BCUT2D eigenvalue weighted by Gasteiger charge is -2.37. The van der Waals surface area contributed by atoms with Crippen LogP contribution < -0.4 is 10.1 Å². The Morgan fingerprint density at radius 2 is 1.91 bits per heavy atom. The van der Waals surface area contributed by atoms with Crippen LogP contribution in [-0.4, -0.2) is 67.7 Å². The Balaban J connectivity index is 1.39. The first-order valence-corrected chi connectivity index (χ1v) is 12.1. The molecule has 2 aliphatic rings. The minimum atomic E-state index is -0.0494. The minimum absolute atomic E-state index is 0.0494. The molecule has 0 unspecified atom stereocenters. The zero-order valence-corrected chi connectivity index (χ0v) is 19.9. The lowest BCUT2D eigenvalue weighted by atomic mass is 9.88. The molecule has 6 heteroatoms. The van der Waals surface area contributed by atoms with Crippen molar-refractivity contribution in [2.24, 2.45) is 11.8 Å². The molecule has 6 nitrogen and oxygen atoms in total. The van der Waals surface area contributed by atoms with E-state index in [2.05, 4.69) is 33.3 Å². The Labute approximate surface area is 197 Å². The summed E-state index contributed by atoms with van der Waals surface area (Å²) in [6, 6.07) is 13.8. The van der Waals surface area contributed by atoms with Crippen LogP contribution in [0.1, 0.15) is 29.5 Å². The highest BCUT2D eigenvalue weighted by Gasteiger charge is 2.32. The van der Waals surface area contributed by atoms with Crippen molar-refractivity contribution in [1.82, 2.24) is 15.1 Å². The summed E-state index contributed by atoms with van der Waals surface area (Å²) in [5.41, 5.74) is 4.01. The molecular formula is C27H37N3O3. The van der Waals surface area contributed by atoms with Crippen LogP contribution in [0.2, 0.25) is 0 Å². The van der Waals surface area contributed by atoms with Crippen LogP contribution in [-0.2, 0) is 24.2 Å². The van der Waals surface area contributed by atoms with Crippen LogP contribution >= 0.6 is 0 Å². The summed E-state index contributed by atoms with van der Waals surface area (Å²) >= 11 is 0. The first-order valence-electron chi connectivity index (χ1n) is 12.1. The first-order chi connectivity index (χ1) is 16.0. The average molecular weight is 452 g/mol. The van der Waals surface area contributed by atoms with Gasteiger partial charge in [0.2, 0.25) is 5.91 Å². The lowest BCUT2D eigenvalue weighted by molar-refractivity contribution is -0.127. The van der Waals surface area contributed by atoms with E-state index >= 15 is 0 Å². The molecule has 1 fully saturated rings. The number of hydrogen-bond donors (Lipinski definition) is 2. The van der Waals surface area contributed by atoms with Crippen LogP contribution in [0.15, 0.2) is 42.5 Å². The second kappa shape index (κ2) is 11.0. The van der Waals surface area contributed by atoms with E-state index in [0.717, 1.165) is 50.3 Å². The summed E-state index contributed by atoms with van der Waals surface area (Å²) in [5, 5.41) is 12.7. The highest BCUT2D eigenvalue weighted by molar-refractivity contribution is 5.79. The molecule has 1 aliphatic carbocycles. The molecule has 2 aromatic carbocycles. The van der Waals surface area contributed by atoms with Gasteiger partial charge in [0.1, 0.15) is 11.5 Å². The third-order valence-corrected chi connectivity index (χ3v) is 6.74. The largest absolute Gasteiger partial charge is 0.508 e. The summed E-state index contributed by atoms with van der Waals surface area (Å²) < 4.78 is 6.23. The van der Waals surface area contributed by atoms with Crippen molar-refractivity contribution < 1.29 is 14.6 Å². The normalized spacial score (nSPS) is 20.6. The second-order valence-corrected chi connectivity index (χ2v) is 9.85. The number of hydrogen-bond acceptors (Lipinski definition) is 5. The molecule has 33 heavy (non-hydrogen) atoms. The van der Waals surface area contributed by atoms with Gasteiger partial charge in [0, 0.05) is 38.6 Å². The Bertz CT molecular complexity index is 929. The van der Waals surface area contributed by atoms with Gasteiger partial charge < -0.3 is 20.1 Å². The maximum Gasteiger partial charge on any atom is 0.224 e. The van der Waals surface area contributed by atoms with Crippen molar-refractivity contribution in [2.45, 2.75) is 32.2 Å². The van der Waals surface area contributed by atoms with Gasteiger partial charge >= 0.3 is 0 Å². The smallest absolute Gasteiger partial charge is 0.224 e. The van der Waals surface area contributed by atoms with Crippen LogP contribution in [0.3, 0.4) is 0 Å². The summed E-state index contributed by atoms with van der Waals surface area (Å²) in [6.07, 6.45) is 4.39. The number of benzene rings is 2. The second-order valence-electron chi connectivity index (χ2n) is 9.85. The molecule has 0 bridgehead atoms. The monoisotopic (exact) mass is 451 g/mol. The van der Waals surface area contributed by atoms with Gasteiger partial charge in [0.25, 0.3) is 0 Å². The molecule has 178 valence electrons. The van der Waals surface area contributed by atoms with Crippen LogP contribution in [0.5, 0.6) is 11.5 Å². The molecule has 2 atom stereocenters. The third kappa shape index (κ3) is 6.71. The molecule has 0 radical (unpaired) electrons. The zero-order chi connectivity index (χ0) is 23.2. The van der Waals surface area contributed by atoms with E-state index in [9.17, 15) is 9.90 Å². The molecule has 2 aromatic rings. The van der Waals surface area contributed by atoms with Crippen LogP contribution in [0, 0.1) is 11.8 Å². The maximum absolute atomic E-state index is 12.9. The van der Waals surface area contributed by atoms with E-state index in [1.54, 1.807) is 12.1 Å². The number of phenolic OH excluding ortho intramolecular Hbond substituents is 1. The van der Waals surface area contributed by atoms with Gasteiger partial charge in [-0.1, -0.05) is 18.2 Å². The highest BCUT2D eigenvalue weighted by atomic mass is 16.5. The number of carbonyl (C=O) groups is 1. The van der Waals surface area contributed by atoms with Crippen LogP contribution in [0.4, 0.5) is 0 Å². The number of fused-ring (bicyclic) bond motifs is 1. The van der Waals surface area contributed by atoms with Crippen molar-refractivity contribution in [1.29, 1.82) is 0 Å². The summed E-state index contributed by atoms with van der Waals surface area (Å²) in [5.74, 6) is 1.59. The predicted octanol–water partition coefficient (Wildman–Crippen LogP) is 3.08. The highest BCUT2D eigenvalue weighted by Crippen LogP contribution is 2.28. The Hall–Kier alpha value is -2.57. The third-order valence-electron chi connectivity index (χ3n) is 6.74. The standard InChI is InChI=1S/C27H37N3O3/c1-29(2)13-12-28-27(32)24-14-21(17-30(18-24)16-20-6-9-25(31)10-7-20)19-33-26-11-8-22-4-3-5-23(22)15-26/h6-11,15,21,24,31H,3-5,12-14,16-19H2,1-2H3,(H,28,32)/t21-,24+/m0/s1. The number of ether oxygens (including phenoxy) is 1. The molecule has 4 rings (SSSR count). The maximum atomic E-state index is 12.9. The van der Waals surface area contributed by atoms with Gasteiger partial charge in [-0.3, -0.25) is 9.69 Å². The van der Waals surface area contributed by atoms with Crippen molar-refractivity contribution in [3.8, 4) is 11.5 Å². The average Bonchev–Trinajstić information content (AvgIpc) is 3.27. The minimum Gasteiger partial charge on any atom is -0.508 e. The summed E-state index contributed by atoms with van der Waals surface area (Å²) in [4.78, 5) is 17.4. The van der Waals surface area contributed by atoms with Crippen LogP contribution in [0.25, 0.3) is 0 Å². The Morgan fingerprint density at radius 1 is 1.12 bits per heavy atom. The van der Waals surface area contributed by atoms with E-state index in [4.69, 9.17) is 4.74 Å². The number of carbonyl (C=O) groups excluding carboxylic acids is 1. The van der Waals surface area contributed by atoms with E-state index in [-0.39, 0.29) is 23.5 Å². The van der Waals surface area contributed by atoms with Gasteiger partial charge in [0.05, 0.1) is 12.5 Å². The molecule has 0 spiro atoms.